The first-order chi connectivity index (χ1) is 12.0. The average Bonchev–Trinajstić information content (AvgIpc) is 2.63. The zero-order valence-electron chi connectivity index (χ0n) is 13.8. The van der Waals surface area contributed by atoms with Crippen molar-refractivity contribution < 1.29 is 19.1 Å². The quantitative estimate of drug-likeness (QED) is 0.824. The van der Waals surface area contributed by atoms with Crippen LogP contribution in [0.3, 0.4) is 0 Å². The third-order valence-corrected chi connectivity index (χ3v) is 3.93. The van der Waals surface area contributed by atoms with E-state index < -0.39 is 11.9 Å². The molecule has 0 bridgehead atoms. The molecule has 25 heavy (non-hydrogen) atoms. The fourth-order valence-corrected chi connectivity index (χ4v) is 2.68. The first-order valence-corrected chi connectivity index (χ1v) is 7.80. The predicted molar refractivity (Wildman–Crippen MR) is 91.7 cm³/mol. The summed E-state index contributed by atoms with van der Waals surface area (Å²) in [5.41, 5.74) is 4.09. The summed E-state index contributed by atoms with van der Waals surface area (Å²) in [6.45, 7) is 2.33. The number of hydrazine groups is 1. The van der Waals surface area contributed by atoms with Crippen molar-refractivity contribution in [3.8, 4) is 0 Å². The molecule has 0 amide bonds. The Morgan fingerprint density at radius 2 is 1.88 bits per heavy atom. The second-order valence-corrected chi connectivity index (χ2v) is 5.55. The topological polar surface area (TPSA) is 93.7 Å². The third-order valence-electron chi connectivity index (χ3n) is 3.69. The summed E-state index contributed by atoms with van der Waals surface area (Å²) >= 11 is 6.02. The number of nitrogens with one attached hydrogen (secondary N) is 1. The van der Waals surface area contributed by atoms with Crippen molar-refractivity contribution >= 4 is 46.0 Å². The van der Waals surface area contributed by atoms with Crippen LogP contribution in [0.25, 0.3) is 16.6 Å². The van der Waals surface area contributed by atoms with Crippen LogP contribution in [-0.4, -0.2) is 42.7 Å². The molecule has 0 fully saturated rings. The first-order valence-electron chi connectivity index (χ1n) is 7.42. The molecular formula is C16H15ClN4O4. The predicted octanol–water partition coefficient (Wildman–Crippen LogP) is 1.68. The summed E-state index contributed by atoms with van der Waals surface area (Å²) in [5, 5.41) is 2.09. The lowest BCUT2D eigenvalue weighted by Crippen LogP contribution is -2.45. The van der Waals surface area contributed by atoms with E-state index in [-0.39, 0.29) is 17.0 Å². The molecule has 1 N–H and O–H groups in total. The number of anilines is 1. The van der Waals surface area contributed by atoms with E-state index in [2.05, 4.69) is 15.4 Å². The highest BCUT2D eigenvalue weighted by molar-refractivity contribution is 6.31. The number of nitrogens with zero attached hydrogens (tertiary/aromatic N) is 3. The molecule has 0 saturated heterocycles. The molecule has 0 atom stereocenters. The van der Waals surface area contributed by atoms with E-state index in [9.17, 15) is 9.59 Å². The Balaban J connectivity index is 2.34. The van der Waals surface area contributed by atoms with Gasteiger partial charge in [-0.2, -0.15) is 0 Å². The zero-order valence-corrected chi connectivity index (χ0v) is 14.5. The van der Waals surface area contributed by atoms with E-state index in [1.54, 1.807) is 23.2 Å². The molecule has 9 heteroatoms. The number of benzene rings is 1. The number of esters is 2. The Hall–Kier alpha value is -2.87. The van der Waals surface area contributed by atoms with Crippen molar-refractivity contribution in [2.75, 3.05) is 25.8 Å². The van der Waals surface area contributed by atoms with Gasteiger partial charge in [0.1, 0.15) is 11.3 Å². The van der Waals surface area contributed by atoms with Crippen LogP contribution in [0.15, 0.2) is 23.9 Å². The second kappa shape index (κ2) is 6.56. The van der Waals surface area contributed by atoms with Gasteiger partial charge in [-0.05, 0) is 25.1 Å². The van der Waals surface area contributed by atoms with E-state index >= 15 is 0 Å². The Labute approximate surface area is 148 Å². The maximum Gasteiger partial charge on any atom is 0.356 e. The Morgan fingerprint density at radius 3 is 2.52 bits per heavy atom. The maximum atomic E-state index is 12.3. The molecular weight excluding hydrogens is 348 g/mol. The fourth-order valence-electron chi connectivity index (χ4n) is 2.52. The number of hydrogen-bond acceptors (Lipinski definition) is 8. The number of methoxy groups -OCH3 is 2. The number of aromatic nitrogens is 2. The van der Waals surface area contributed by atoms with Gasteiger partial charge in [0.05, 0.1) is 25.3 Å². The summed E-state index contributed by atoms with van der Waals surface area (Å²) in [5.74, 6) is -1.02. The molecule has 1 aromatic heterocycles. The van der Waals surface area contributed by atoms with E-state index in [1.807, 2.05) is 6.92 Å². The van der Waals surface area contributed by atoms with Crippen molar-refractivity contribution in [3.63, 3.8) is 0 Å². The molecule has 2 heterocycles. The van der Waals surface area contributed by atoms with Crippen molar-refractivity contribution in [1.29, 1.82) is 0 Å². The first kappa shape index (κ1) is 17.0. The molecule has 0 radical (unpaired) electrons. The zero-order chi connectivity index (χ0) is 18.1. The van der Waals surface area contributed by atoms with Gasteiger partial charge < -0.3 is 9.47 Å². The highest BCUT2D eigenvalue weighted by Crippen LogP contribution is 2.33. The lowest BCUT2D eigenvalue weighted by Gasteiger charge is -2.31. The van der Waals surface area contributed by atoms with E-state index in [1.165, 1.54) is 14.2 Å². The van der Waals surface area contributed by atoms with E-state index in [0.717, 1.165) is 0 Å². The van der Waals surface area contributed by atoms with E-state index in [4.69, 9.17) is 21.1 Å². The third kappa shape index (κ3) is 2.85. The Morgan fingerprint density at radius 1 is 1.16 bits per heavy atom. The van der Waals surface area contributed by atoms with Crippen molar-refractivity contribution in [2.45, 2.75) is 6.92 Å². The summed E-state index contributed by atoms with van der Waals surface area (Å²) in [6, 6.07) is 5.07. The summed E-state index contributed by atoms with van der Waals surface area (Å²) in [6.07, 6.45) is 0. The highest BCUT2D eigenvalue weighted by atomic mass is 35.5. The van der Waals surface area contributed by atoms with Gasteiger partial charge in [-0.3, -0.25) is 10.4 Å². The molecule has 0 unspecified atom stereocenters. The fraction of sp³-hybridized carbons (Fsp3) is 0.250. The molecule has 8 nitrogen and oxygen atoms in total. The van der Waals surface area contributed by atoms with E-state index in [0.29, 0.717) is 28.4 Å². The van der Waals surface area contributed by atoms with Crippen LogP contribution in [0, 0.1) is 0 Å². The smallest absolute Gasteiger partial charge is 0.356 e. The van der Waals surface area contributed by atoms with Crippen LogP contribution >= 0.6 is 11.6 Å². The van der Waals surface area contributed by atoms with Crippen molar-refractivity contribution in [2.24, 2.45) is 0 Å². The molecule has 3 rings (SSSR count). The van der Waals surface area contributed by atoms with Gasteiger partial charge in [-0.1, -0.05) is 11.6 Å². The summed E-state index contributed by atoms with van der Waals surface area (Å²) in [7, 11) is 2.45. The van der Waals surface area contributed by atoms with Gasteiger partial charge >= 0.3 is 11.9 Å². The van der Waals surface area contributed by atoms with Gasteiger partial charge in [0, 0.05) is 11.6 Å². The number of carbonyl (C=O) groups is 2. The average molecular weight is 363 g/mol. The standard InChI is InChI=1S/C16H15ClN4O4/c1-4-21-14-12(18-10-7-8(17)5-6-9(10)19-14)11(15(22)24-2)13(20-21)16(23)25-3/h5-7,20H,4H2,1-3H3. The molecule has 0 spiro atoms. The molecule has 1 aromatic carbocycles. The summed E-state index contributed by atoms with van der Waals surface area (Å²) in [4.78, 5) is 33.5. The normalized spacial score (nSPS) is 13.4. The van der Waals surface area contributed by atoms with Crippen molar-refractivity contribution in [3.05, 3.63) is 34.6 Å². The van der Waals surface area contributed by atoms with Crippen LogP contribution in [0.5, 0.6) is 0 Å². The van der Waals surface area contributed by atoms with Crippen LogP contribution in [0.1, 0.15) is 12.6 Å². The SMILES string of the molecule is CCN1NC(C(=O)OC)=C(C(=O)OC)c2nc3cc(Cl)ccc3nc21. The van der Waals surface area contributed by atoms with Crippen LogP contribution in [0.4, 0.5) is 5.82 Å². The molecule has 1 aliphatic heterocycles. The van der Waals surface area contributed by atoms with Gasteiger partial charge in [0.25, 0.3) is 0 Å². The largest absolute Gasteiger partial charge is 0.465 e. The Kier molecular flexibility index (Phi) is 4.45. The number of halogens is 1. The minimum Gasteiger partial charge on any atom is -0.465 e. The minimum atomic E-state index is -0.722. The number of ether oxygens (including phenoxy) is 2. The minimum absolute atomic E-state index is 0.0385. The van der Waals surface area contributed by atoms with Crippen molar-refractivity contribution in [1.82, 2.24) is 15.4 Å². The molecule has 0 aliphatic carbocycles. The van der Waals surface area contributed by atoms with Crippen LogP contribution in [0.2, 0.25) is 5.02 Å². The number of hydrogen-bond donors (Lipinski definition) is 1. The monoisotopic (exact) mass is 362 g/mol. The molecule has 1 aliphatic rings. The molecule has 2 aromatic rings. The highest BCUT2D eigenvalue weighted by Gasteiger charge is 2.35. The number of rotatable bonds is 3. The number of fused-ring (bicyclic) bond motifs is 2. The van der Waals surface area contributed by atoms with Crippen LogP contribution < -0.4 is 10.4 Å². The molecule has 130 valence electrons. The number of carbonyl (C=O) groups excluding carboxylic acids is 2. The van der Waals surface area contributed by atoms with Gasteiger partial charge in [0.2, 0.25) is 0 Å². The maximum absolute atomic E-state index is 12.3. The lowest BCUT2D eigenvalue weighted by molar-refractivity contribution is -0.138. The Bertz CT molecular complexity index is 912. The molecule has 0 saturated carbocycles. The van der Waals surface area contributed by atoms with Gasteiger partial charge in [-0.15, -0.1) is 0 Å². The lowest BCUT2D eigenvalue weighted by atomic mass is 10.1. The van der Waals surface area contributed by atoms with Gasteiger partial charge in [-0.25, -0.2) is 19.6 Å². The summed E-state index contributed by atoms with van der Waals surface area (Å²) < 4.78 is 9.59. The second-order valence-electron chi connectivity index (χ2n) is 5.12. The van der Waals surface area contributed by atoms with Crippen LogP contribution in [-0.2, 0) is 19.1 Å². The van der Waals surface area contributed by atoms with Gasteiger partial charge in [0.15, 0.2) is 11.5 Å².